The van der Waals surface area contributed by atoms with Gasteiger partial charge in [0.05, 0.1) is 0 Å². The number of carbonyl (C=O) groups excluding carboxylic acids is 2. The highest BCUT2D eigenvalue weighted by atomic mass is 32.1. The van der Waals surface area contributed by atoms with Crippen LogP contribution in [0.4, 0.5) is 10.8 Å². The van der Waals surface area contributed by atoms with Gasteiger partial charge < -0.3 is 10.6 Å². The molecule has 1 aromatic carbocycles. The molecule has 5 nitrogen and oxygen atoms in total. The molecule has 1 aromatic heterocycles. The van der Waals surface area contributed by atoms with Crippen LogP contribution in [0.25, 0.3) is 0 Å². The Bertz CT molecular complexity index is 675. The molecule has 6 heteroatoms. The Balaban J connectivity index is 1.89. The zero-order chi connectivity index (χ0) is 16.9. The highest BCUT2D eigenvalue weighted by Gasteiger charge is 2.18. The lowest BCUT2D eigenvalue weighted by Crippen LogP contribution is -2.20. The minimum atomic E-state index is -0.209. The van der Waals surface area contributed by atoms with Gasteiger partial charge in [-0.15, -0.1) is 11.3 Å². The van der Waals surface area contributed by atoms with Crippen molar-refractivity contribution in [3.8, 4) is 0 Å². The molecule has 1 heterocycles. The molecule has 0 aliphatic rings. The van der Waals surface area contributed by atoms with E-state index in [2.05, 4.69) is 36.4 Å². The number of hydrogen-bond donors (Lipinski definition) is 2. The summed E-state index contributed by atoms with van der Waals surface area (Å²) in [4.78, 5) is 27.8. The van der Waals surface area contributed by atoms with Gasteiger partial charge in [-0.3, -0.25) is 9.59 Å². The topological polar surface area (TPSA) is 71.1 Å². The predicted molar refractivity (Wildman–Crippen MR) is 93.7 cm³/mol. The number of rotatable bonds is 5. The molecule has 23 heavy (non-hydrogen) atoms. The van der Waals surface area contributed by atoms with Gasteiger partial charge in [-0.25, -0.2) is 4.98 Å². The number of anilines is 2. The quantitative estimate of drug-likeness (QED) is 0.875. The van der Waals surface area contributed by atoms with Crippen LogP contribution in [0.2, 0.25) is 0 Å². The number of thiazole rings is 1. The lowest BCUT2D eigenvalue weighted by molar-refractivity contribution is -0.121. The Kier molecular flexibility index (Phi) is 5.50. The van der Waals surface area contributed by atoms with Crippen molar-refractivity contribution in [3.63, 3.8) is 0 Å². The van der Waals surface area contributed by atoms with E-state index >= 15 is 0 Å². The van der Waals surface area contributed by atoms with E-state index in [-0.39, 0.29) is 30.1 Å². The molecular weight excluding hydrogens is 310 g/mol. The average molecular weight is 331 g/mol. The largest absolute Gasteiger partial charge is 0.326 e. The van der Waals surface area contributed by atoms with E-state index in [1.807, 2.05) is 24.3 Å². The summed E-state index contributed by atoms with van der Waals surface area (Å²) >= 11 is 1.35. The van der Waals surface area contributed by atoms with E-state index in [4.69, 9.17) is 0 Å². The van der Waals surface area contributed by atoms with E-state index in [1.165, 1.54) is 11.3 Å². The fourth-order valence-electron chi connectivity index (χ4n) is 2.15. The highest BCUT2D eigenvalue weighted by molar-refractivity contribution is 7.13. The van der Waals surface area contributed by atoms with E-state index in [0.29, 0.717) is 5.13 Å². The summed E-state index contributed by atoms with van der Waals surface area (Å²) in [6.07, 6.45) is 1.88. The first kappa shape index (κ1) is 17.1. The fourth-order valence-corrected chi connectivity index (χ4v) is 2.70. The third-order valence-corrected chi connectivity index (χ3v) is 3.96. The minimum Gasteiger partial charge on any atom is -0.326 e. The van der Waals surface area contributed by atoms with Gasteiger partial charge in [0.15, 0.2) is 5.13 Å². The Morgan fingerprint density at radius 2 is 1.74 bits per heavy atom. The highest BCUT2D eigenvalue weighted by Crippen LogP contribution is 2.29. The summed E-state index contributed by atoms with van der Waals surface area (Å²) in [5, 5.41) is 7.90. The monoisotopic (exact) mass is 331 g/mol. The van der Waals surface area contributed by atoms with Crippen LogP contribution in [0.15, 0.2) is 35.8 Å². The maximum atomic E-state index is 12.1. The van der Waals surface area contributed by atoms with Crippen LogP contribution < -0.4 is 10.6 Å². The first-order chi connectivity index (χ1) is 10.9. The van der Waals surface area contributed by atoms with Crippen molar-refractivity contribution in [3.05, 3.63) is 41.4 Å². The lowest BCUT2D eigenvalue weighted by atomic mass is 9.86. The molecule has 2 N–H and O–H groups in total. The molecule has 2 rings (SSSR count). The summed E-state index contributed by atoms with van der Waals surface area (Å²) in [5.41, 5.74) is 1.80. The van der Waals surface area contributed by atoms with E-state index in [1.54, 1.807) is 11.6 Å². The lowest BCUT2D eigenvalue weighted by Gasteiger charge is -2.23. The van der Waals surface area contributed by atoms with Gasteiger partial charge in [-0.1, -0.05) is 39.0 Å². The van der Waals surface area contributed by atoms with Crippen LogP contribution in [-0.2, 0) is 15.0 Å². The zero-order valence-electron chi connectivity index (χ0n) is 13.6. The standard InChI is InChI=1S/C17H21N3O2S/c1-17(2,3)12-6-4-5-7-13(12)19-14(21)8-9-15(22)20-16-18-10-11-23-16/h4-7,10-11H,8-9H2,1-3H3,(H,19,21)(H,18,20,22). The van der Waals surface area contributed by atoms with Gasteiger partial charge in [0.1, 0.15) is 0 Å². The summed E-state index contributed by atoms with van der Waals surface area (Å²) < 4.78 is 0. The molecule has 2 amide bonds. The Morgan fingerprint density at radius 3 is 2.35 bits per heavy atom. The van der Waals surface area contributed by atoms with Gasteiger partial charge >= 0.3 is 0 Å². The van der Waals surface area contributed by atoms with Crippen molar-refractivity contribution in [1.82, 2.24) is 4.98 Å². The summed E-state index contributed by atoms with van der Waals surface area (Å²) in [5.74, 6) is -0.379. The third-order valence-electron chi connectivity index (χ3n) is 3.27. The predicted octanol–water partition coefficient (Wildman–Crippen LogP) is 3.80. The number of aromatic nitrogens is 1. The second kappa shape index (κ2) is 7.37. The number of carbonyl (C=O) groups is 2. The van der Waals surface area contributed by atoms with Gasteiger partial charge in [0.25, 0.3) is 0 Å². The van der Waals surface area contributed by atoms with Crippen LogP contribution >= 0.6 is 11.3 Å². The molecule has 0 saturated carbocycles. The van der Waals surface area contributed by atoms with E-state index in [9.17, 15) is 9.59 Å². The Hall–Kier alpha value is -2.21. The molecular formula is C17H21N3O2S. The van der Waals surface area contributed by atoms with Crippen LogP contribution in [0.3, 0.4) is 0 Å². The average Bonchev–Trinajstić information content (AvgIpc) is 2.97. The van der Waals surface area contributed by atoms with Crippen LogP contribution in [0.5, 0.6) is 0 Å². The minimum absolute atomic E-state index is 0.0634. The SMILES string of the molecule is CC(C)(C)c1ccccc1NC(=O)CCC(=O)Nc1nccs1. The molecule has 0 unspecified atom stereocenters. The third kappa shape index (κ3) is 5.17. The summed E-state index contributed by atoms with van der Waals surface area (Å²) in [6.45, 7) is 6.29. The van der Waals surface area contributed by atoms with Gasteiger partial charge in [0, 0.05) is 30.1 Å². The van der Waals surface area contributed by atoms with Crippen molar-refractivity contribution in [2.24, 2.45) is 0 Å². The second-order valence-electron chi connectivity index (χ2n) is 6.23. The molecule has 0 radical (unpaired) electrons. The van der Waals surface area contributed by atoms with Crippen LogP contribution in [0.1, 0.15) is 39.2 Å². The maximum absolute atomic E-state index is 12.1. The molecule has 0 aliphatic carbocycles. The summed E-state index contributed by atoms with van der Waals surface area (Å²) in [7, 11) is 0. The number of nitrogens with zero attached hydrogens (tertiary/aromatic N) is 1. The normalized spacial score (nSPS) is 11.1. The second-order valence-corrected chi connectivity index (χ2v) is 7.12. The molecule has 0 atom stereocenters. The number of para-hydroxylation sites is 1. The van der Waals surface area contributed by atoms with Crippen molar-refractivity contribution in [1.29, 1.82) is 0 Å². The van der Waals surface area contributed by atoms with Crippen molar-refractivity contribution >= 4 is 34.0 Å². The maximum Gasteiger partial charge on any atom is 0.226 e. The molecule has 122 valence electrons. The summed E-state index contributed by atoms with van der Waals surface area (Å²) in [6, 6.07) is 7.73. The van der Waals surface area contributed by atoms with Crippen LogP contribution in [-0.4, -0.2) is 16.8 Å². The Morgan fingerprint density at radius 1 is 1.09 bits per heavy atom. The Labute approximate surface area is 140 Å². The molecule has 0 saturated heterocycles. The molecule has 0 bridgehead atoms. The smallest absolute Gasteiger partial charge is 0.226 e. The van der Waals surface area contributed by atoms with Gasteiger partial charge in [-0.2, -0.15) is 0 Å². The first-order valence-electron chi connectivity index (χ1n) is 7.45. The molecule has 0 aliphatic heterocycles. The van der Waals surface area contributed by atoms with Gasteiger partial charge in [-0.05, 0) is 17.0 Å². The number of benzene rings is 1. The van der Waals surface area contributed by atoms with Crippen molar-refractivity contribution in [2.75, 3.05) is 10.6 Å². The van der Waals surface area contributed by atoms with Crippen LogP contribution in [0, 0.1) is 0 Å². The zero-order valence-corrected chi connectivity index (χ0v) is 14.4. The van der Waals surface area contributed by atoms with Crippen molar-refractivity contribution in [2.45, 2.75) is 39.0 Å². The first-order valence-corrected chi connectivity index (χ1v) is 8.33. The molecule has 0 fully saturated rings. The van der Waals surface area contributed by atoms with Gasteiger partial charge in [0.2, 0.25) is 11.8 Å². The van der Waals surface area contributed by atoms with E-state index in [0.717, 1.165) is 11.3 Å². The number of nitrogens with one attached hydrogen (secondary N) is 2. The van der Waals surface area contributed by atoms with E-state index < -0.39 is 0 Å². The molecule has 2 aromatic rings. The molecule has 0 spiro atoms. The number of hydrogen-bond acceptors (Lipinski definition) is 4. The van der Waals surface area contributed by atoms with Crippen molar-refractivity contribution < 1.29 is 9.59 Å². The fraction of sp³-hybridized carbons (Fsp3) is 0.353. The number of amides is 2.